The number of nitrogens with zero attached hydrogens (tertiary/aromatic N) is 4. The predicted molar refractivity (Wildman–Crippen MR) is 98.8 cm³/mol. The first kappa shape index (κ1) is 17.0. The van der Waals surface area contributed by atoms with Crippen molar-refractivity contribution in [3.8, 4) is 17.1 Å². The number of aromatic nitrogens is 4. The van der Waals surface area contributed by atoms with Crippen LogP contribution in [0.1, 0.15) is 18.3 Å². The molecule has 0 saturated heterocycles. The summed E-state index contributed by atoms with van der Waals surface area (Å²) in [6.45, 7) is 8.06. The summed E-state index contributed by atoms with van der Waals surface area (Å²) in [5.74, 6) is 2.36. The van der Waals surface area contributed by atoms with Gasteiger partial charge in [-0.25, -0.2) is 9.97 Å². The van der Waals surface area contributed by atoms with Crippen molar-refractivity contribution in [1.29, 1.82) is 0 Å². The Hall–Kier alpha value is -2.89. The molecule has 0 aliphatic heterocycles. The van der Waals surface area contributed by atoms with Crippen molar-refractivity contribution in [3.05, 3.63) is 54.0 Å². The van der Waals surface area contributed by atoms with Crippen LogP contribution in [0.25, 0.3) is 11.4 Å². The van der Waals surface area contributed by atoms with Gasteiger partial charge in [-0.2, -0.15) is 5.10 Å². The number of hydrogen-bond acceptors (Lipinski definition) is 5. The summed E-state index contributed by atoms with van der Waals surface area (Å²) in [7, 11) is 0. The molecule has 0 bridgehead atoms. The molecule has 0 spiro atoms. The van der Waals surface area contributed by atoms with Crippen molar-refractivity contribution in [2.24, 2.45) is 0 Å². The SMILES string of the molecule is CCn1ccc(-c2cc(NCCOc3ccc(C)cc3)nc(C)n2)n1. The van der Waals surface area contributed by atoms with E-state index in [1.165, 1.54) is 5.56 Å². The third-order valence-corrected chi connectivity index (χ3v) is 3.76. The Balaban J connectivity index is 1.59. The minimum absolute atomic E-state index is 0.561. The van der Waals surface area contributed by atoms with Crippen LogP contribution in [-0.4, -0.2) is 32.9 Å². The minimum Gasteiger partial charge on any atom is -0.492 e. The molecule has 0 fully saturated rings. The van der Waals surface area contributed by atoms with Crippen molar-refractivity contribution in [1.82, 2.24) is 19.7 Å². The molecule has 0 aliphatic carbocycles. The zero-order chi connectivity index (χ0) is 17.6. The Kier molecular flexibility index (Phi) is 5.28. The molecule has 130 valence electrons. The van der Waals surface area contributed by atoms with E-state index in [-0.39, 0.29) is 0 Å². The second kappa shape index (κ2) is 7.79. The molecule has 6 heteroatoms. The molecule has 0 amide bonds. The molecule has 2 heterocycles. The summed E-state index contributed by atoms with van der Waals surface area (Å²) in [6, 6.07) is 11.9. The fraction of sp³-hybridized carbons (Fsp3) is 0.316. The molecule has 1 N–H and O–H groups in total. The van der Waals surface area contributed by atoms with Gasteiger partial charge in [0.05, 0.1) is 12.2 Å². The highest BCUT2D eigenvalue weighted by molar-refractivity contribution is 5.58. The van der Waals surface area contributed by atoms with E-state index in [1.54, 1.807) is 0 Å². The van der Waals surface area contributed by atoms with E-state index in [0.29, 0.717) is 19.0 Å². The monoisotopic (exact) mass is 337 g/mol. The standard InChI is InChI=1S/C19H23N5O/c1-4-24-11-9-17(23-24)18-13-19(22-15(3)21-18)20-10-12-25-16-7-5-14(2)6-8-16/h5-9,11,13H,4,10,12H2,1-3H3,(H,20,21,22). The van der Waals surface area contributed by atoms with Gasteiger partial charge in [0.25, 0.3) is 0 Å². The van der Waals surface area contributed by atoms with Gasteiger partial charge in [-0.15, -0.1) is 0 Å². The van der Waals surface area contributed by atoms with Crippen molar-refractivity contribution < 1.29 is 4.74 Å². The van der Waals surface area contributed by atoms with Gasteiger partial charge in [0, 0.05) is 18.8 Å². The van der Waals surface area contributed by atoms with E-state index in [2.05, 4.69) is 34.2 Å². The lowest BCUT2D eigenvalue weighted by Gasteiger charge is -2.09. The molecule has 0 aliphatic rings. The molecular weight excluding hydrogens is 314 g/mol. The number of aryl methyl sites for hydroxylation is 3. The molecule has 0 atom stereocenters. The number of ether oxygens (including phenoxy) is 1. The van der Waals surface area contributed by atoms with Crippen LogP contribution in [-0.2, 0) is 6.54 Å². The van der Waals surface area contributed by atoms with Crippen LogP contribution in [0.2, 0.25) is 0 Å². The molecule has 1 aromatic carbocycles. The Morgan fingerprint density at radius 3 is 2.56 bits per heavy atom. The summed E-state index contributed by atoms with van der Waals surface area (Å²) in [5.41, 5.74) is 2.90. The number of nitrogens with one attached hydrogen (secondary N) is 1. The third-order valence-electron chi connectivity index (χ3n) is 3.76. The Morgan fingerprint density at radius 1 is 1.04 bits per heavy atom. The van der Waals surface area contributed by atoms with E-state index in [1.807, 2.05) is 54.2 Å². The zero-order valence-electron chi connectivity index (χ0n) is 14.9. The van der Waals surface area contributed by atoms with Gasteiger partial charge < -0.3 is 10.1 Å². The van der Waals surface area contributed by atoms with Crippen LogP contribution in [0.15, 0.2) is 42.6 Å². The lowest BCUT2D eigenvalue weighted by atomic mass is 10.2. The van der Waals surface area contributed by atoms with E-state index < -0.39 is 0 Å². The second-order valence-electron chi connectivity index (χ2n) is 5.83. The molecule has 0 saturated carbocycles. The zero-order valence-corrected chi connectivity index (χ0v) is 14.9. The molecule has 2 aromatic heterocycles. The van der Waals surface area contributed by atoms with E-state index in [4.69, 9.17) is 4.74 Å². The average Bonchev–Trinajstić information content (AvgIpc) is 3.09. The quantitative estimate of drug-likeness (QED) is 0.669. The third kappa shape index (κ3) is 4.56. The normalized spacial score (nSPS) is 10.7. The number of benzene rings is 1. The van der Waals surface area contributed by atoms with Crippen molar-refractivity contribution in [3.63, 3.8) is 0 Å². The lowest BCUT2D eigenvalue weighted by molar-refractivity contribution is 0.332. The van der Waals surface area contributed by atoms with Crippen LogP contribution in [0.4, 0.5) is 5.82 Å². The highest BCUT2D eigenvalue weighted by atomic mass is 16.5. The maximum atomic E-state index is 5.72. The number of hydrogen-bond donors (Lipinski definition) is 1. The Labute approximate surface area is 147 Å². The first-order chi connectivity index (χ1) is 12.1. The molecule has 3 aromatic rings. The average molecular weight is 337 g/mol. The van der Waals surface area contributed by atoms with Crippen LogP contribution < -0.4 is 10.1 Å². The van der Waals surface area contributed by atoms with Gasteiger partial charge in [-0.05, 0) is 39.0 Å². The van der Waals surface area contributed by atoms with Gasteiger partial charge in [0.2, 0.25) is 0 Å². The molecule has 0 radical (unpaired) electrons. The maximum absolute atomic E-state index is 5.72. The topological polar surface area (TPSA) is 64.9 Å². The summed E-state index contributed by atoms with van der Waals surface area (Å²) in [4.78, 5) is 8.91. The number of anilines is 1. The Morgan fingerprint density at radius 2 is 1.84 bits per heavy atom. The molecule has 0 unspecified atom stereocenters. The molecule has 25 heavy (non-hydrogen) atoms. The van der Waals surface area contributed by atoms with E-state index >= 15 is 0 Å². The summed E-state index contributed by atoms with van der Waals surface area (Å²) >= 11 is 0. The van der Waals surface area contributed by atoms with Crippen molar-refractivity contribution in [2.45, 2.75) is 27.3 Å². The van der Waals surface area contributed by atoms with Gasteiger partial charge in [-0.3, -0.25) is 4.68 Å². The minimum atomic E-state index is 0.561. The van der Waals surface area contributed by atoms with Crippen molar-refractivity contribution >= 4 is 5.82 Å². The van der Waals surface area contributed by atoms with E-state index in [9.17, 15) is 0 Å². The molecular formula is C19H23N5O. The van der Waals surface area contributed by atoms with Gasteiger partial charge >= 0.3 is 0 Å². The largest absolute Gasteiger partial charge is 0.492 e. The second-order valence-corrected chi connectivity index (χ2v) is 5.83. The Bertz CT molecular complexity index is 826. The molecule has 6 nitrogen and oxygen atoms in total. The van der Waals surface area contributed by atoms with Crippen LogP contribution in [0.5, 0.6) is 5.75 Å². The van der Waals surface area contributed by atoms with Gasteiger partial charge in [0.1, 0.15) is 29.7 Å². The highest BCUT2D eigenvalue weighted by Crippen LogP contribution is 2.18. The van der Waals surface area contributed by atoms with Crippen LogP contribution in [0, 0.1) is 13.8 Å². The summed E-state index contributed by atoms with van der Waals surface area (Å²) in [6.07, 6.45) is 1.95. The maximum Gasteiger partial charge on any atom is 0.130 e. The van der Waals surface area contributed by atoms with E-state index in [0.717, 1.165) is 29.5 Å². The smallest absolute Gasteiger partial charge is 0.130 e. The first-order valence-corrected chi connectivity index (χ1v) is 8.47. The van der Waals surface area contributed by atoms with Gasteiger partial charge in [0.15, 0.2) is 0 Å². The van der Waals surface area contributed by atoms with Crippen LogP contribution >= 0.6 is 0 Å². The van der Waals surface area contributed by atoms with Crippen molar-refractivity contribution in [2.75, 3.05) is 18.5 Å². The predicted octanol–water partition coefficient (Wildman–Crippen LogP) is 3.47. The number of rotatable bonds is 7. The fourth-order valence-corrected chi connectivity index (χ4v) is 2.45. The summed E-state index contributed by atoms with van der Waals surface area (Å²) in [5, 5.41) is 7.79. The fourth-order valence-electron chi connectivity index (χ4n) is 2.45. The first-order valence-electron chi connectivity index (χ1n) is 8.47. The molecule has 3 rings (SSSR count). The highest BCUT2D eigenvalue weighted by Gasteiger charge is 2.07. The lowest BCUT2D eigenvalue weighted by Crippen LogP contribution is -2.13. The van der Waals surface area contributed by atoms with Gasteiger partial charge in [-0.1, -0.05) is 17.7 Å². The van der Waals surface area contributed by atoms with Crippen LogP contribution in [0.3, 0.4) is 0 Å². The summed E-state index contributed by atoms with van der Waals surface area (Å²) < 4.78 is 7.61.